The molecule has 6 nitrogen and oxygen atoms in total. The lowest BCUT2D eigenvalue weighted by molar-refractivity contribution is -0.145. The van der Waals surface area contributed by atoms with Crippen LogP contribution in [0.2, 0.25) is 0 Å². The molecule has 28 heavy (non-hydrogen) atoms. The Morgan fingerprint density at radius 2 is 1.54 bits per heavy atom. The summed E-state index contributed by atoms with van der Waals surface area (Å²) in [5.41, 5.74) is 0.838. The van der Waals surface area contributed by atoms with E-state index in [4.69, 9.17) is 9.47 Å². The van der Waals surface area contributed by atoms with Crippen LogP contribution in [0.1, 0.15) is 34.6 Å². The van der Waals surface area contributed by atoms with E-state index in [0.29, 0.717) is 16.9 Å². The maximum absolute atomic E-state index is 12.4. The van der Waals surface area contributed by atoms with Gasteiger partial charge < -0.3 is 14.8 Å². The number of rotatable bonds is 8. The lowest BCUT2D eigenvalue weighted by Gasteiger charge is -2.20. The second kappa shape index (κ2) is 10.0. The Balaban J connectivity index is 1.97. The fourth-order valence-corrected chi connectivity index (χ4v) is 2.67. The molecule has 1 N–H and O–H groups in total. The summed E-state index contributed by atoms with van der Waals surface area (Å²) in [6, 6.07) is 12.4. The van der Waals surface area contributed by atoms with Gasteiger partial charge in [0.15, 0.2) is 12.4 Å². The van der Waals surface area contributed by atoms with E-state index in [2.05, 4.69) is 21.2 Å². The van der Waals surface area contributed by atoms with Crippen LogP contribution < -0.4 is 10.1 Å². The zero-order valence-corrected chi connectivity index (χ0v) is 17.5. The molecule has 0 bridgehead atoms. The van der Waals surface area contributed by atoms with Crippen LogP contribution in [0.25, 0.3) is 0 Å². The van der Waals surface area contributed by atoms with Crippen LogP contribution in [-0.4, -0.2) is 37.4 Å². The number of ether oxygens (including phenoxy) is 2. The van der Waals surface area contributed by atoms with E-state index in [1.54, 1.807) is 62.4 Å². The Bertz CT molecular complexity index is 831. The van der Waals surface area contributed by atoms with E-state index in [1.165, 1.54) is 7.11 Å². The second-order valence-electron chi connectivity index (χ2n) is 6.46. The highest BCUT2D eigenvalue weighted by Crippen LogP contribution is 2.13. The van der Waals surface area contributed by atoms with Gasteiger partial charge >= 0.3 is 5.97 Å². The molecule has 0 aliphatic carbocycles. The molecule has 7 heteroatoms. The van der Waals surface area contributed by atoms with Gasteiger partial charge in [-0.15, -0.1) is 0 Å². The molecule has 0 unspecified atom stereocenters. The molecule has 1 atom stereocenters. The Kier molecular flexibility index (Phi) is 7.75. The number of benzene rings is 2. The third kappa shape index (κ3) is 5.92. The highest BCUT2D eigenvalue weighted by molar-refractivity contribution is 9.10. The van der Waals surface area contributed by atoms with Crippen LogP contribution in [-0.2, 0) is 9.53 Å². The molecule has 0 spiro atoms. The second-order valence-corrected chi connectivity index (χ2v) is 7.38. The quantitative estimate of drug-likeness (QED) is 0.493. The number of nitrogens with one attached hydrogen (secondary N) is 1. The molecule has 0 aliphatic rings. The molecule has 0 aliphatic heterocycles. The molecule has 0 heterocycles. The normalized spacial score (nSPS) is 11.6. The smallest absolute Gasteiger partial charge is 0.329 e. The van der Waals surface area contributed by atoms with E-state index < -0.39 is 18.6 Å². The maximum atomic E-state index is 12.4. The van der Waals surface area contributed by atoms with Gasteiger partial charge in [-0.1, -0.05) is 29.8 Å². The molecule has 0 saturated carbocycles. The lowest BCUT2D eigenvalue weighted by Crippen LogP contribution is -2.45. The van der Waals surface area contributed by atoms with Gasteiger partial charge in [0, 0.05) is 15.6 Å². The fraction of sp³-hybridized carbons (Fsp3) is 0.286. The number of carbonyl (C=O) groups is 3. The standard InChI is InChI=1S/C21H22BrNO5/c1-13(2)19(23-20(25)15-4-8-16(22)9-5-15)21(26)28-12-18(24)14-6-10-17(27-3)11-7-14/h4-11,13,19H,12H2,1-3H3,(H,23,25)/t19-/m1/s1. The molecule has 0 aromatic heterocycles. The number of Topliss-reactive ketones (excluding diaryl/α,β-unsaturated/α-hetero) is 1. The monoisotopic (exact) mass is 447 g/mol. The van der Waals surface area contributed by atoms with E-state index >= 15 is 0 Å². The zero-order valence-electron chi connectivity index (χ0n) is 15.9. The van der Waals surface area contributed by atoms with Gasteiger partial charge in [0.2, 0.25) is 0 Å². The van der Waals surface area contributed by atoms with Gasteiger partial charge in [-0.25, -0.2) is 4.79 Å². The Morgan fingerprint density at radius 3 is 2.07 bits per heavy atom. The minimum Gasteiger partial charge on any atom is -0.497 e. The van der Waals surface area contributed by atoms with Crippen molar-refractivity contribution in [1.29, 1.82) is 0 Å². The van der Waals surface area contributed by atoms with Crippen molar-refractivity contribution in [2.75, 3.05) is 13.7 Å². The van der Waals surface area contributed by atoms with E-state index in [1.807, 2.05) is 0 Å². The van der Waals surface area contributed by atoms with Crippen LogP contribution in [0.3, 0.4) is 0 Å². The number of halogens is 1. The van der Waals surface area contributed by atoms with Gasteiger partial charge in [0.25, 0.3) is 5.91 Å². The molecule has 2 rings (SSSR count). The Labute approximate surface area is 172 Å². The van der Waals surface area contributed by atoms with Gasteiger partial charge in [-0.2, -0.15) is 0 Å². The predicted octanol–water partition coefficient (Wildman–Crippen LogP) is 3.64. The van der Waals surface area contributed by atoms with Crippen LogP contribution in [0.5, 0.6) is 5.75 Å². The summed E-state index contributed by atoms with van der Waals surface area (Å²) in [7, 11) is 1.53. The third-order valence-electron chi connectivity index (χ3n) is 4.07. The highest BCUT2D eigenvalue weighted by Gasteiger charge is 2.27. The minimum atomic E-state index is -0.861. The topological polar surface area (TPSA) is 81.7 Å². The average molecular weight is 448 g/mol. The van der Waals surface area contributed by atoms with Gasteiger partial charge in [-0.3, -0.25) is 9.59 Å². The van der Waals surface area contributed by atoms with E-state index in [9.17, 15) is 14.4 Å². The highest BCUT2D eigenvalue weighted by atomic mass is 79.9. The van der Waals surface area contributed by atoms with E-state index in [0.717, 1.165) is 4.47 Å². The SMILES string of the molecule is COc1ccc(C(=O)COC(=O)[C@H](NC(=O)c2ccc(Br)cc2)C(C)C)cc1. The largest absolute Gasteiger partial charge is 0.497 e. The number of hydrogen-bond donors (Lipinski definition) is 1. The van der Waals surface area contributed by atoms with Crippen LogP contribution in [0.15, 0.2) is 53.0 Å². The molecule has 0 radical (unpaired) electrons. The van der Waals surface area contributed by atoms with Crippen molar-refractivity contribution in [3.8, 4) is 5.75 Å². The first-order chi connectivity index (χ1) is 13.3. The molecule has 0 fully saturated rings. The van der Waals surface area contributed by atoms with Gasteiger partial charge in [0.1, 0.15) is 11.8 Å². The molecular formula is C21H22BrNO5. The third-order valence-corrected chi connectivity index (χ3v) is 4.60. The number of carbonyl (C=O) groups excluding carboxylic acids is 3. The fourth-order valence-electron chi connectivity index (χ4n) is 2.41. The molecular weight excluding hydrogens is 426 g/mol. The number of ketones is 1. The van der Waals surface area contributed by atoms with Crippen molar-refractivity contribution in [1.82, 2.24) is 5.32 Å². The first-order valence-electron chi connectivity index (χ1n) is 8.72. The Hall–Kier alpha value is -2.67. The van der Waals surface area contributed by atoms with Gasteiger partial charge in [-0.05, 0) is 54.4 Å². The van der Waals surface area contributed by atoms with Crippen LogP contribution in [0, 0.1) is 5.92 Å². The lowest BCUT2D eigenvalue weighted by atomic mass is 10.0. The van der Waals surface area contributed by atoms with Crippen molar-refractivity contribution in [2.45, 2.75) is 19.9 Å². The molecule has 2 aromatic carbocycles. The summed E-state index contributed by atoms with van der Waals surface area (Å²) in [6.07, 6.45) is 0. The number of amides is 1. The van der Waals surface area contributed by atoms with Crippen molar-refractivity contribution in [2.24, 2.45) is 5.92 Å². The number of esters is 1. The van der Waals surface area contributed by atoms with E-state index in [-0.39, 0.29) is 17.6 Å². The molecule has 1 amide bonds. The predicted molar refractivity (Wildman–Crippen MR) is 109 cm³/mol. The van der Waals surface area contributed by atoms with Gasteiger partial charge in [0.05, 0.1) is 7.11 Å². The summed E-state index contributed by atoms with van der Waals surface area (Å²) < 4.78 is 11.0. The first kappa shape index (κ1) is 21.6. The van der Waals surface area contributed by atoms with Crippen molar-refractivity contribution >= 4 is 33.6 Å². The van der Waals surface area contributed by atoms with Crippen LogP contribution in [0.4, 0.5) is 0 Å². The van der Waals surface area contributed by atoms with Crippen molar-refractivity contribution in [3.05, 3.63) is 64.1 Å². The number of methoxy groups -OCH3 is 1. The first-order valence-corrected chi connectivity index (χ1v) is 9.51. The maximum Gasteiger partial charge on any atom is 0.329 e. The summed E-state index contributed by atoms with van der Waals surface area (Å²) >= 11 is 3.31. The Morgan fingerprint density at radius 1 is 0.964 bits per heavy atom. The summed E-state index contributed by atoms with van der Waals surface area (Å²) in [5.74, 6) is -0.947. The van der Waals surface area contributed by atoms with Crippen molar-refractivity contribution in [3.63, 3.8) is 0 Å². The minimum absolute atomic E-state index is 0.206. The molecule has 2 aromatic rings. The molecule has 0 saturated heterocycles. The number of hydrogen-bond acceptors (Lipinski definition) is 5. The average Bonchev–Trinajstić information content (AvgIpc) is 2.70. The van der Waals surface area contributed by atoms with Crippen molar-refractivity contribution < 1.29 is 23.9 Å². The molecule has 148 valence electrons. The summed E-state index contributed by atoms with van der Waals surface area (Å²) in [5, 5.41) is 2.67. The zero-order chi connectivity index (χ0) is 20.7. The summed E-state index contributed by atoms with van der Waals surface area (Å²) in [6.45, 7) is 3.18. The van der Waals surface area contributed by atoms with Crippen LogP contribution >= 0.6 is 15.9 Å². The summed E-state index contributed by atoms with van der Waals surface area (Å²) in [4.78, 5) is 37.0.